The molecule has 0 saturated carbocycles. The standard InChI is InChI=1S/C19H18O6/c1-9(20)8-19(25)7-6-12-15(16(19)10(2)21)18(24)11-4-3-5-13(22)14(11)17(12)23/h3-5,16,22,25H,6-8H2,1-2H3/t16-,19-/m0/s1. The second-order valence-corrected chi connectivity index (χ2v) is 6.78. The van der Waals surface area contributed by atoms with Gasteiger partial charge in [0.05, 0.1) is 17.1 Å². The summed E-state index contributed by atoms with van der Waals surface area (Å²) in [7, 11) is 0. The van der Waals surface area contributed by atoms with E-state index >= 15 is 0 Å². The van der Waals surface area contributed by atoms with E-state index in [1.165, 1.54) is 32.0 Å². The van der Waals surface area contributed by atoms with Crippen molar-refractivity contribution in [2.75, 3.05) is 0 Å². The van der Waals surface area contributed by atoms with Crippen LogP contribution in [-0.4, -0.2) is 38.9 Å². The van der Waals surface area contributed by atoms with E-state index in [-0.39, 0.29) is 53.1 Å². The highest BCUT2D eigenvalue weighted by atomic mass is 16.3. The number of aliphatic hydroxyl groups is 1. The maximum absolute atomic E-state index is 13.0. The van der Waals surface area contributed by atoms with Crippen LogP contribution in [0.25, 0.3) is 0 Å². The molecule has 0 saturated heterocycles. The Hall–Kier alpha value is -2.60. The summed E-state index contributed by atoms with van der Waals surface area (Å²) in [6.07, 6.45) is -0.165. The predicted octanol–water partition coefficient (Wildman–Crippen LogP) is 1.78. The molecular formula is C19H18O6. The summed E-state index contributed by atoms with van der Waals surface area (Å²) < 4.78 is 0. The summed E-state index contributed by atoms with van der Waals surface area (Å²) in [4.78, 5) is 49.6. The number of rotatable bonds is 3. The summed E-state index contributed by atoms with van der Waals surface area (Å²) in [5.41, 5.74) is -1.62. The molecule has 6 heteroatoms. The quantitative estimate of drug-likeness (QED) is 0.867. The van der Waals surface area contributed by atoms with Crippen LogP contribution in [0.3, 0.4) is 0 Å². The average Bonchev–Trinajstić information content (AvgIpc) is 2.50. The van der Waals surface area contributed by atoms with Gasteiger partial charge in [0, 0.05) is 23.1 Å². The molecule has 2 atom stereocenters. The fraction of sp³-hybridized carbons (Fsp3) is 0.368. The highest BCUT2D eigenvalue weighted by molar-refractivity contribution is 6.29. The molecule has 2 N–H and O–H groups in total. The van der Waals surface area contributed by atoms with Crippen molar-refractivity contribution in [1.82, 2.24) is 0 Å². The van der Waals surface area contributed by atoms with Crippen LogP contribution in [0.2, 0.25) is 0 Å². The molecule has 2 aliphatic rings. The number of aromatic hydroxyl groups is 1. The number of phenolic OH excluding ortho intramolecular Hbond substituents is 1. The third kappa shape index (κ3) is 2.53. The van der Waals surface area contributed by atoms with E-state index in [0.717, 1.165) is 0 Å². The van der Waals surface area contributed by atoms with Crippen LogP contribution in [-0.2, 0) is 9.59 Å². The van der Waals surface area contributed by atoms with Gasteiger partial charge in [0.1, 0.15) is 17.3 Å². The topological polar surface area (TPSA) is 109 Å². The number of Topliss-reactive ketones (excluding diaryl/α,β-unsaturated/α-hetero) is 4. The second kappa shape index (κ2) is 5.74. The lowest BCUT2D eigenvalue weighted by Gasteiger charge is -2.41. The van der Waals surface area contributed by atoms with E-state index < -0.39 is 28.9 Å². The lowest BCUT2D eigenvalue weighted by atomic mass is 9.63. The first-order chi connectivity index (χ1) is 11.7. The SMILES string of the molecule is CC(=O)C[C@@]1(O)CCC2=C(C(=O)c3cccc(O)c3C2=O)[C@@H]1C(C)=O. The van der Waals surface area contributed by atoms with Crippen LogP contribution in [0.1, 0.15) is 53.8 Å². The van der Waals surface area contributed by atoms with Crippen molar-refractivity contribution in [2.45, 2.75) is 38.7 Å². The van der Waals surface area contributed by atoms with Gasteiger partial charge >= 0.3 is 0 Å². The van der Waals surface area contributed by atoms with Crippen molar-refractivity contribution in [3.8, 4) is 5.75 Å². The van der Waals surface area contributed by atoms with Crippen LogP contribution in [0, 0.1) is 5.92 Å². The van der Waals surface area contributed by atoms with Gasteiger partial charge < -0.3 is 10.2 Å². The van der Waals surface area contributed by atoms with Crippen molar-refractivity contribution < 1.29 is 29.4 Å². The van der Waals surface area contributed by atoms with Crippen molar-refractivity contribution in [1.29, 1.82) is 0 Å². The van der Waals surface area contributed by atoms with Crippen LogP contribution in [0.15, 0.2) is 29.3 Å². The van der Waals surface area contributed by atoms with E-state index in [0.29, 0.717) is 0 Å². The molecule has 0 bridgehead atoms. The molecule has 0 aliphatic heterocycles. The van der Waals surface area contributed by atoms with E-state index in [1.807, 2.05) is 0 Å². The monoisotopic (exact) mass is 342 g/mol. The fourth-order valence-electron chi connectivity index (χ4n) is 4.03. The van der Waals surface area contributed by atoms with Gasteiger partial charge in [0.25, 0.3) is 0 Å². The van der Waals surface area contributed by atoms with E-state index in [1.54, 1.807) is 0 Å². The number of hydrogen-bond donors (Lipinski definition) is 2. The molecule has 0 amide bonds. The number of fused-ring (bicyclic) bond motifs is 1. The Bertz CT molecular complexity index is 863. The molecule has 0 fully saturated rings. The maximum Gasteiger partial charge on any atom is 0.193 e. The molecule has 6 nitrogen and oxygen atoms in total. The third-order valence-electron chi connectivity index (χ3n) is 4.95. The third-order valence-corrected chi connectivity index (χ3v) is 4.95. The predicted molar refractivity (Wildman–Crippen MR) is 87.4 cm³/mol. The lowest BCUT2D eigenvalue weighted by Crippen LogP contribution is -2.50. The largest absolute Gasteiger partial charge is 0.507 e. The van der Waals surface area contributed by atoms with Crippen LogP contribution >= 0.6 is 0 Å². The van der Waals surface area contributed by atoms with Gasteiger partial charge in [-0.25, -0.2) is 0 Å². The molecule has 1 aromatic rings. The molecule has 3 rings (SSSR count). The highest BCUT2D eigenvalue weighted by Gasteiger charge is 2.51. The van der Waals surface area contributed by atoms with E-state index in [9.17, 15) is 29.4 Å². The zero-order valence-electron chi connectivity index (χ0n) is 14.0. The number of carbonyl (C=O) groups excluding carboxylic acids is 4. The number of allylic oxidation sites excluding steroid dienone is 1. The van der Waals surface area contributed by atoms with Gasteiger partial charge in [-0.2, -0.15) is 0 Å². The Morgan fingerprint density at radius 1 is 1.20 bits per heavy atom. The van der Waals surface area contributed by atoms with Crippen LogP contribution in [0.4, 0.5) is 0 Å². The van der Waals surface area contributed by atoms with Crippen molar-refractivity contribution in [3.63, 3.8) is 0 Å². The molecule has 1 aromatic carbocycles. The first kappa shape index (κ1) is 17.2. The molecule has 2 aliphatic carbocycles. The molecule has 0 heterocycles. The fourth-order valence-corrected chi connectivity index (χ4v) is 4.03. The van der Waals surface area contributed by atoms with Gasteiger partial charge in [-0.1, -0.05) is 12.1 Å². The van der Waals surface area contributed by atoms with Crippen LogP contribution < -0.4 is 0 Å². The molecule has 0 radical (unpaired) electrons. The minimum Gasteiger partial charge on any atom is -0.507 e. The molecule has 0 spiro atoms. The average molecular weight is 342 g/mol. The zero-order valence-corrected chi connectivity index (χ0v) is 14.0. The number of benzene rings is 1. The van der Waals surface area contributed by atoms with Crippen LogP contribution in [0.5, 0.6) is 5.75 Å². The maximum atomic E-state index is 13.0. The number of carbonyl (C=O) groups is 4. The van der Waals surface area contributed by atoms with Gasteiger partial charge in [-0.05, 0) is 32.8 Å². The Labute approximate surface area is 144 Å². The first-order valence-corrected chi connectivity index (χ1v) is 8.04. The Kier molecular flexibility index (Phi) is 3.95. The number of hydrogen-bond acceptors (Lipinski definition) is 6. The Morgan fingerprint density at radius 2 is 1.88 bits per heavy atom. The smallest absolute Gasteiger partial charge is 0.193 e. The van der Waals surface area contributed by atoms with E-state index in [2.05, 4.69) is 0 Å². The van der Waals surface area contributed by atoms with Gasteiger partial charge in [0.15, 0.2) is 11.6 Å². The molecule has 25 heavy (non-hydrogen) atoms. The van der Waals surface area contributed by atoms with Gasteiger partial charge in [0.2, 0.25) is 0 Å². The second-order valence-electron chi connectivity index (χ2n) is 6.78. The van der Waals surface area contributed by atoms with Gasteiger partial charge in [-0.3, -0.25) is 19.2 Å². The molecule has 130 valence electrons. The minimum absolute atomic E-state index is 0.0158. The molecule has 0 unspecified atom stereocenters. The summed E-state index contributed by atoms with van der Waals surface area (Å²) in [5.74, 6) is -3.34. The summed E-state index contributed by atoms with van der Waals surface area (Å²) >= 11 is 0. The summed E-state index contributed by atoms with van der Waals surface area (Å²) in [6, 6.07) is 4.18. The summed E-state index contributed by atoms with van der Waals surface area (Å²) in [6.45, 7) is 2.54. The normalized spacial score (nSPS) is 25.5. The molecule has 0 aromatic heterocycles. The Morgan fingerprint density at radius 3 is 2.48 bits per heavy atom. The van der Waals surface area contributed by atoms with Crippen molar-refractivity contribution in [2.24, 2.45) is 5.92 Å². The zero-order chi connectivity index (χ0) is 18.5. The minimum atomic E-state index is -1.68. The Balaban J connectivity index is 2.22. The molecular weight excluding hydrogens is 324 g/mol. The van der Waals surface area contributed by atoms with E-state index in [4.69, 9.17) is 0 Å². The number of ketones is 4. The highest BCUT2D eigenvalue weighted by Crippen LogP contribution is 2.46. The lowest BCUT2D eigenvalue weighted by molar-refractivity contribution is -0.134. The summed E-state index contributed by atoms with van der Waals surface area (Å²) in [5, 5.41) is 20.9. The van der Waals surface area contributed by atoms with Crippen molar-refractivity contribution in [3.05, 3.63) is 40.5 Å². The first-order valence-electron chi connectivity index (χ1n) is 8.04. The van der Waals surface area contributed by atoms with Crippen molar-refractivity contribution >= 4 is 23.1 Å². The number of phenols is 1. The van der Waals surface area contributed by atoms with Gasteiger partial charge in [-0.15, -0.1) is 0 Å².